The molecule has 0 aliphatic heterocycles. The Labute approximate surface area is 111 Å². The van der Waals surface area contributed by atoms with Crippen LogP contribution in [-0.4, -0.2) is 38.6 Å². The fourth-order valence-corrected chi connectivity index (χ4v) is 2.02. The van der Waals surface area contributed by atoms with Gasteiger partial charge in [-0.15, -0.1) is 0 Å². The lowest BCUT2D eigenvalue weighted by atomic mass is 10.1. The Bertz CT molecular complexity index is 418. The molecule has 1 aromatic rings. The Balaban J connectivity index is 2.70. The molecule has 0 spiro atoms. The molecule has 0 saturated carbocycles. The van der Waals surface area contributed by atoms with Crippen molar-refractivity contribution in [2.24, 2.45) is 0 Å². The Morgan fingerprint density at radius 3 is 2.44 bits per heavy atom. The smallest absolute Gasteiger partial charge is 0.0994 e. The third-order valence-electron chi connectivity index (χ3n) is 3.11. The van der Waals surface area contributed by atoms with Crippen LogP contribution in [0.25, 0.3) is 0 Å². The number of nitriles is 1. The summed E-state index contributed by atoms with van der Waals surface area (Å²) in [7, 11) is 4.20. The molecule has 3 nitrogen and oxygen atoms in total. The Hall–Kier alpha value is -1.53. The topological polar surface area (TPSA) is 30.3 Å². The molecule has 0 unspecified atom stereocenters. The van der Waals surface area contributed by atoms with Crippen LogP contribution in [0.15, 0.2) is 18.2 Å². The number of aryl methyl sites for hydroxylation is 1. The molecular weight excluding hydrogens is 222 g/mol. The summed E-state index contributed by atoms with van der Waals surface area (Å²) in [6.07, 6.45) is 1.15. The molecule has 0 atom stereocenters. The lowest BCUT2D eigenvalue weighted by Gasteiger charge is -2.24. The predicted molar refractivity (Wildman–Crippen MR) is 77.0 cm³/mol. The van der Waals surface area contributed by atoms with Crippen LogP contribution >= 0.6 is 0 Å². The summed E-state index contributed by atoms with van der Waals surface area (Å²) >= 11 is 0. The minimum atomic E-state index is 0.767. The van der Waals surface area contributed by atoms with Crippen LogP contribution < -0.4 is 4.90 Å². The van der Waals surface area contributed by atoms with Crippen LogP contribution in [0.2, 0.25) is 0 Å². The highest BCUT2D eigenvalue weighted by atomic mass is 15.1. The number of hydrogen-bond acceptors (Lipinski definition) is 3. The second-order valence-electron chi connectivity index (χ2n) is 4.85. The summed E-state index contributed by atoms with van der Waals surface area (Å²) in [5.41, 5.74) is 3.04. The fraction of sp³-hybridized carbons (Fsp3) is 0.533. The molecule has 0 aliphatic carbocycles. The summed E-state index contributed by atoms with van der Waals surface area (Å²) in [4.78, 5) is 4.57. The Morgan fingerprint density at radius 2 is 1.94 bits per heavy atom. The van der Waals surface area contributed by atoms with Gasteiger partial charge in [0.25, 0.3) is 0 Å². The summed E-state index contributed by atoms with van der Waals surface area (Å²) in [6.45, 7) is 7.32. The zero-order chi connectivity index (χ0) is 13.5. The van der Waals surface area contributed by atoms with Crippen molar-refractivity contribution in [2.75, 3.05) is 38.6 Å². The van der Waals surface area contributed by atoms with Crippen molar-refractivity contribution < 1.29 is 0 Å². The van der Waals surface area contributed by atoms with Crippen molar-refractivity contribution in [3.63, 3.8) is 0 Å². The lowest BCUT2D eigenvalue weighted by molar-refractivity contribution is 0.400. The van der Waals surface area contributed by atoms with E-state index >= 15 is 0 Å². The van der Waals surface area contributed by atoms with Gasteiger partial charge in [0.1, 0.15) is 0 Å². The van der Waals surface area contributed by atoms with Crippen molar-refractivity contribution in [1.29, 1.82) is 5.26 Å². The van der Waals surface area contributed by atoms with E-state index < -0.39 is 0 Å². The Kier molecular flexibility index (Phi) is 5.67. The van der Waals surface area contributed by atoms with E-state index in [0.717, 1.165) is 37.2 Å². The minimum Gasteiger partial charge on any atom is -0.372 e. The fourth-order valence-electron chi connectivity index (χ4n) is 2.02. The molecule has 0 aliphatic rings. The normalized spacial score (nSPS) is 10.4. The molecule has 0 bridgehead atoms. The van der Waals surface area contributed by atoms with Crippen LogP contribution in [0.5, 0.6) is 0 Å². The quantitative estimate of drug-likeness (QED) is 0.772. The molecule has 98 valence electrons. The van der Waals surface area contributed by atoms with Crippen molar-refractivity contribution in [2.45, 2.75) is 20.3 Å². The van der Waals surface area contributed by atoms with Gasteiger partial charge in [-0.05, 0) is 64.7 Å². The maximum atomic E-state index is 8.94. The van der Waals surface area contributed by atoms with Crippen molar-refractivity contribution >= 4 is 5.69 Å². The largest absolute Gasteiger partial charge is 0.372 e. The van der Waals surface area contributed by atoms with Gasteiger partial charge in [-0.1, -0.05) is 0 Å². The van der Waals surface area contributed by atoms with E-state index in [1.54, 1.807) is 0 Å². The van der Waals surface area contributed by atoms with Gasteiger partial charge in [-0.25, -0.2) is 0 Å². The van der Waals surface area contributed by atoms with Gasteiger partial charge < -0.3 is 9.80 Å². The van der Waals surface area contributed by atoms with E-state index in [1.807, 2.05) is 19.1 Å². The molecule has 1 rings (SSSR count). The maximum absolute atomic E-state index is 8.94. The van der Waals surface area contributed by atoms with Crippen LogP contribution in [0.4, 0.5) is 5.69 Å². The van der Waals surface area contributed by atoms with E-state index in [0.29, 0.717) is 0 Å². The molecule has 3 heteroatoms. The van der Waals surface area contributed by atoms with E-state index in [9.17, 15) is 0 Å². The number of hydrogen-bond donors (Lipinski definition) is 0. The molecular formula is C15H23N3. The summed E-state index contributed by atoms with van der Waals surface area (Å²) in [6, 6.07) is 8.28. The summed E-state index contributed by atoms with van der Waals surface area (Å²) in [5.74, 6) is 0. The number of rotatable bonds is 6. The first-order valence-corrected chi connectivity index (χ1v) is 6.49. The molecule has 1 aromatic carbocycles. The second-order valence-corrected chi connectivity index (χ2v) is 4.85. The third-order valence-corrected chi connectivity index (χ3v) is 3.11. The van der Waals surface area contributed by atoms with Gasteiger partial charge in [0.05, 0.1) is 11.6 Å². The first-order valence-electron chi connectivity index (χ1n) is 6.49. The van der Waals surface area contributed by atoms with Gasteiger partial charge >= 0.3 is 0 Å². The molecule has 0 heterocycles. The molecule has 0 aromatic heterocycles. The standard InChI is InChI=1S/C15H23N3/c1-5-18(10-6-9-17(3)4)15-8-7-14(12-16)13(2)11-15/h7-8,11H,5-6,9-10H2,1-4H3. The highest BCUT2D eigenvalue weighted by Gasteiger charge is 2.06. The summed E-state index contributed by atoms with van der Waals surface area (Å²) < 4.78 is 0. The average Bonchev–Trinajstić information content (AvgIpc) is 2.34. The zero-order valence-corrected chi connectivity index (χ0v) is 11.9. The van der Waals surface area contributed by atoms with Gasteiger partial charge in [0, 0.05) is 18.8 Å². The van der Waals surface area contributed by atoms with Crippen molar-refractivity contribution in [3.05, 3.63) is 29.3 Å². The highest BCUT2D eigenvalue weighted by Crippen LogP contribution is 2.19. The van der Waals surface area contributed by atoms with Crippen LogP contribution in [-0.2, 0) is 0 Å². The van der Waals surface area contributed by atoms with Gasteiger partial charge in [-0.2, -0.15) is 5.26 Å². The highest BCUT2D eigenvalue weighted by molar-refractivity contribution is 5.53. The van der Waals surface area contributed by atoms with Crippen LogP contribution in [0.1, 0.15) is 24.5 Å². The minimum absolute atomic E-state index is 0.767. The van der Waals surface area contributed by atoms with Crippen molar-refractivity contribution in [3.8, 4) is 6.07 Å². The SMILES string of the molecule is CCN(CCCN(C)C)c1ccc(C#N)c(C)c1. The third kappa shape index (κ3) is 4.05. The van der Waals surface area contributed by atoms with Crippen LogP contribution in [0.3, 0.4) is 0 Å². The first-order chi connectivity index (χ1) is 8.58. The monoisotopic (exact) mass is 245 g/mol. The number of benzene rings is 1. The molecule has 0 saturated heterocycles. The van der Waals surface area contributed by atoms with E-state index in [4.69, 9.17) is 5.26 Å². The molecule has 18 heavy (non-hydrogen) atoms. The van der Waals surface area contributed by atoms with E-state index in [-0.39, 0.29) is 0 Å². The molecule has 0 radical (unpaired) electrons. The van der Waals surface area contributed by atoms with Gasteiger partial charge in [-0.3, -0.25) is 0 Å². The predicted octanol–water partition coefficient (Wildman–Crippen LogP) is 2.64. The lowest BCUT2D eigenvalue weighted by Crippen LogP contribution is -2.27. The van der Waals surface area contributed by atoms with Crippen molar-refractivity contribution in [1.82, 2.24) is 4.90 Å². The Morgan fingerprint density at radius 1 is 1.22 bits per heavy atom. The van der Waals surface area contributed by atoms with Crippen LogP contribution in [0, 0.1) is 18.3 Å². The maximum Gasteiger partial charge on any atom is 0.0994 e. The molecule has 0 amide bonds. The molecule has 0 N–H and O–H groups in total. The number of anilines is 1. The number of nitrogens with zero attached hydrogens (tertiary/aromatic N) is 3. The molecule has 0 fully saturated rings. The van der Waals surface area contributed by atoms with Gasteiger partial charge in [0.2, 0.25) is 0 Å². The summed E-state index contributed by atoms with van der Waals surface area (Å²) in [5, 5.41) is 8.94. The second kappa shape index (κ2) is 7.03. The van der Waals surface area contributed by atoms with E-state index in [2.05, 4.69) is 43.0 Å². The van der Waals surface area contributed by atoms with E-state index in [1.165, 1.54) is 5.69 Å². The first kappa shape index (κ1) is 14.5. The van der Waals surface area contributed by atoms with Gasteiger partial charge in [0.15, 0.2) is 0 Å². The zero-order valence-electron chi connectivity index (χ0n) is 11.9. The average molecular weight is 245 g/mol.